The number of rotatable bonds is 16. The first-order valence-electron chi connectivity index (χ1n) is 23.6. The van der Waals surface area contributed by atoms with Crippen LogP contribution < -0.4 is 123 Å². The van der Waals surface area contributed by atoms with E-state index < -0.39 is 0 Å². The number of hydrogen-bond donors (Lipinski definition) is 3. The van der Waals surface area contributed by atoms with Gasteiger partial charge in [0.15, 0.2) is 11.6 Å². The monoisotopic (exact) mass is 1200 g/mol. The molecule has 3 N–H and O–H groups in total. The molecule has 2 fully saturated rings. The molecule has 0 saturated carbocycles. The first kappa shape index (κ1) is 69.7. The topological polar surface area (TPSA) is 205 Å². The fourth-order valence-corrected chi connectivity index (χ4v) is 10.8. The number of aliphatic hydroxyl groups is 2. The van der Waals surface area contributed by atoms with E-state index in [1.54, 1.807) is 84.9 Å². The van der Waals surface area contributed by atoms with Crippen molar-refractivity contribution >= 4 is 63.8 Å². The van der Waals surface area contributed by atoms with Gasteiger partial charge in [0, 0.05) is 70.3 Å². The van der Waals surface area contributed by atoms with Gasteiger partial charge in [0.2, 0.25) is 0 Å². The third-order valence-electron chi connectivity index (χ3n) is 12.1. The van der Waals surface area contributed by atoms with Crippen LogP contribution in [0, 0.1) is 34.5 Å². The van der Waals surface area contributed by atoms with Crippen LogP contribution in [0.25, 0.3) is 0 Å². The number of nitrogens with one attached hydrogen (secondary N) is 1. The number of aliphatic hydroxyl groups excluding tert-OH is 2. The number of alkyl halides is 1. The summed E-state index contributed by atoms with van der Waals surface area (Å²) in [5.74, 6) is 2.46. The van der Waals surface area contributed by atoms with E-state index in [1.165, 1.54) is 0 Å². The number of piperidine rings is 2. The molecule has 2 heterocycles. The Morgan fingerprint density at radius 1 is 0.712 bits per heavy atom. The van der Waals surface area contributed by atoms with Gasteiger partial charge in [-0.3, -0.25) is 19.3 Å². The summed E-state index contributed by atoms with van der Waals surface area (Å²) in [4.78, 5) is 39.7. The van der Waals surface area contributed by atoms with Crippen LogP contribution in [-0.2, 0) is 9.68 Å². The summed E-state index contributed by atoms with van der Waals surface area (Å²) in [6.45, 7) is 18.9. The molecule has 386 valence electrons. The summed E-state index contributed by atoms with van der Waals surface area (Å²) in [6.07, 6.45) is 6.42. The number of nitrogens with zero attached hydrogens (tertiary/aromatic N) is 3. The molecular weight excluding hydrogens is 1140 g/mol. The summed E-state index contributed by atoms with van der Waals surface area (Å²) in [7, 11) is 0. The quantitative estimate of drug-likeness (QED) is 0.0234. The van der Waals surface area contributed by atoms with Crippen molar-refractivity contribution in [3.63, 3.8) is 0 Å². The first-order chi connectivity index (χ1) is 33.5. The summed E-state index contributed by atoms with van der Waals surface area (Å²) in [6, 6.07) is 28.3. The summed E-state index contributed by atoms with van der Waals surface area (Å²) < 4.78 is 12.7. The van der Waals surface area contributed by atoms with Crippen molar-refractivity contribution in [3.8, 4) is 35.1 Å². The maximum Gasteiger partial charge on any atom is 1.00 e. The predicted octanol–water partition coefficient (Wildman–Crippen LogP) is 5.72. The van der Waals surface area contributed by atoms with Gasteiger partial charge in [-0.15, -0.1) is 0 Å². The number of likely N-dealkylation sites (tertiary alicyclic amines) is 1. The molecule has 0 unspecified atom stereocenters. The zero-order valence-corrected chi connectivity index (χ0v) is 53.9. The van der Waals surface area contributed by atoms with E-state index in [-0.39, 0.29) is 157 Å². The average Bonchev–Trinajstić information content (AvgIpc) is 3.29. The Labute approximate surface area is 542 Å². The summed E-state index contributed by atoms with van der Waals surface area (Å²) >= 11 is 15.0. The summed E-state index contributed by atoms with van der Waals surface area (Å²) in [5.41, 5.74) is 1.93. The number of Topliss-reactive ketones (excluding diaryl/α,β-unsaturated/α-hetero) is 2. The Bertz CT molecular complexity index is 2450. The maximum absolute atomic E-state index is 13.1. The van der Waals surface area contributed by atoms with Gasteiger partial charge in [0.25, 0.3) is 6.47 Å². The molecule has 2 aliphatic rings. The van der Waals surface area contributed by atoms with Crippen LogP contribution in [0.4, 0.5) is 0 Å². The van der Waals surface area contributed by atoms with Gasteiger partial charge in [0.05, 0.1) is 21.2 Å². The van der Waals surface area contributed by atoms with E-state index in [4.69, 9.17) is 47.8 Å². The van der Waals surface area contributed by atoms with Crippen LogP contribution in [-0.4, -0.2) is 79.5 Å². The Kier molecular flexibility index (Phi) is 32.3. The Morgan fingerprint density at radius 2 is 1.10 bits per heavy atom. The van der Waals surface area contributed by atoms with Crippen LogP contribution in [0.1, 0.15) is 140 Å². The van der Waals surface area contributed by atoms with Crippen molar-refractivity contribution in [1.29, 1.82) is 10.5 Å². The third kappa shape index (κ3) is 23.3. The second kappa shape index (κ2) is 33.8. The molecule has 2 aliphatic heterocycles. The fraction of sp³-hybridized carbons (Fsp3) is 0.473. The molecule has 0 bridgehead atoms. The molecule has 0 aromatic heterocycles. The Hall–Kier alpha value is -1.35. The second-order valence-corrected chi connectivity index (χ2v) is 22.1. The standard InChI is InChI=1S/C27H33ClN2O3.C24H27ClN2O2.C3H7IO.CH2O3.2K.H/c1-26(2)16-19(17-27(3,4)30(26)12-7-13-31)14-23(32)20-10-11-25(22(28)15-20)33-24-9-6-5-8-21(24)18-29;1-23(2)13-16(14-24(3,4)27-23)11-20(28)17-9-10-22(19(25)12-17)29-21-8-6-5-7-18(21)15-26;4-2-1-3-5;2-1-4-3;;;/h5-6,8-11,15,19,31H,7,12-14,16-17H2,1-4H3;5-10,12,16,27H,11,13-14H2,1-4H3;5H,1-3H2;1,3H;;;/q;;;;2*+1;-1/p-1. The summed E-state index contributed by atoms with van der Waals surface area (Å²) in [5, 5.41) is 48.6. The predicted molar refractivity (Wildman–Crippen MR) is 285 cm³/mol. The molecule has 18 heteroatoms. The van der Waals surface area contributed by atoms with E-state index in [9.17, 15) is 25.2 Å². The molecular formula is C55H69Cl2IK2N4O9. The molecule has 13 nitrogen and oxygen atoms in total. The van der Waals surface area contributed by atoms with Crippen LogP contribution in [0.2, 0.25) is 10.0 Å². The molecule has 0 amide bonds. The van der Waals surface area contributed by atoms with Crippen molar-refractivity contribution in [2.24, 2.45) is 11.8 Å². The molecule has 4 aromatic carbocycles. The van der Waals surface area contributed by atoms with Gasteiger partial charge in [-0.1, -0.05) is 70.1 Å². The number of carbonyl (C=O) groups is 3. The average molecular weight is 1210 g/mol. The molecule has 6 rings (SSSR count). The number of ether oxygens (including phenoxy) is 2. The fourth-order valence-electron chi connectivity index (χ4n) is 10.0. The van der Waals surface area contributed by atoms with E-state index in [0.717, 1.165) is 49.5 Å². The number of halogens is 3. The molecule has 4 aromatic rings. The van der Waals surface area contributed by atoms with Crippen molar-refractivity contribution in [1.82, 2.24) is 10.2 Å². The van der Waals surface area contributed by atoms with Crippen molar-refractivity contribution in [2.75, 3.05) is 24.2 Å². The van der Waals surface area contributed by atoms with Crippen molar-refractivity contribution in [2.45, 2.75) is 129 Å². The van der Waals surface area contributed by atoms with E-state index in [1.807, 2.05) is 0 Å². The van der Waals surface area contributed by atoms with Gasteiger partial charge in [-0.05, 0) is 166 Å². The first-order valence-corrected chi connectivity index (χ1v) is 25.8. The molecule has 2 saturated heterocycles. The smallest absolute Gasteiger partial charge is 1.00 e. The zero-order chi connectivity index (χ0) is 53.0. The van der Waals surface area contributed by atoms with Gasteiger partial charge in [0.1, 0.15) is 35.1 Å². The SMILES string of the molecule is CC1(C)CC(CC(=O)c2ccc(Oc3ccccc3C#N)c(Cl)c2)CC(C)(C)N1.CC1(C)CC(CC(=O)c2ccc(Oc3ccccc3C#N)c(Cl)c2)CC(C)(C)N1CCCO.O=CO[O-].OCCCI.[H-].[K+].[K+]. The van der Waals surface area contributed by atoms with E-state index in [2.05, 4.69) is 105 Å². The number of benzene rings is 4. The van der Waals surface area contributed by atoms with Gasteiger partial charge in [-0.25, -0.2) is 0 Å². The number of nitriles is 2. The largest absolute Gasteiger partial charge is 1.00 e. The third-order valence-corrected chi connectivity index (χ3v) is 13.4. The number of para-hydroxylation sites is 2. The minimum absolute atomic E-state index is 0. The number of ketones is 2. The zero-order valence-electron chi connectivity index (χ0n) is 45.0. The van der Waals surface area contributed by atoms with E-state index >= 15 is 0 Å². The molecule has 73 heavy (non-hydrogen) atoms. The van der Waals surface area contributed by atoms with Crippen LogP contribution in [0.15, 0.2) is 84.9 Å². The Balaban J connectivity index is 0.00000120. The normalized spacial score (nSPS) is 16.2. The van der Waals surface area contributed by atoms with Gasteiger partial charge in [-0.2, -0.15) is 10.5 Å². The molecule has 0 radical (unpaired) electrons. The van der Waals surface area contributed by atoms with Crippen LogP contribution in [0.5, 0.6) is 23.0 Å². The Morgan fingerprint density at radius 3 is 1.42 bits per heavy atom. The maximum atomic E-state index is 13.1. The molecule has 0 atom stereocenters. The van der Waals surface area contributed by atoms with Gasteiger partial charge < -0.3 is 36.6 Å². The van der Waals surface area contributed by atoms with Crippen LogP contribution in [0.3, 0.4) is 0 Å². The molecule has 0 spiro atoms. The molecule has 0 aliphatic carbocycles. The van der Waals surface area contributed by atoms with E-state index in [0.29, 0.717) is 80.7 Å². The second-order valence-electron chi connectivity index (χ2n) is 20.2. The minimum atomic E-state index is -0.181. The van der Waals surface area contributed by atoms with Gasteiger partial charge >= 0.3 is 103 Å². The van der Waals surface area contributed by atoms with Crippen LogP contribution >= 0.6 is 45.8 Å². The van der Waals surface area contributed by atoms with Crippen molar-refractivity contribution in [3.05, 3.63) is 117 Å². The minimum Gasteiger partial charge on any atom is -1.00 e. The van der Waals surface area contributed by atoms with Crippen molar-refractivity contribution < 1.29 is 148 Å². The number of carbonyl (C=O) groups excluding carboxylic acids is 3. The number of hydrogen-bond acceptors (Lipinski definition) is 13.